The van der Waals surface area contributed by atoms with Gasteiger partial charge in [0.15, 0.2) is 0 Å². The van der Waals surface area contributed by atoms with E-state index in [0.717, 1.165) is 31.5 Å². The maximum Gasteiger partial charge on any atom is 0.0722 e. The van der Waals surface area contributed by atoms with Gasteiger partial charge in [-0.05, 0) is 38.4 Å². The average Bonchev–Trinajstić information content (AvgIpc) is 3.02. The summed E-state index contributed by atoms with van der Waals surface area (Å²) in [5.74, 6) is 0. The zero-order chi connectivity index (χ0) is 17.2. The molecule has 6 heteroatoms. The van der Waals surface area contributed by atoms with Gasteiger partial charge in [-0.25, -0.2) is 0 Å². The molecule has 2 aromatic heterocycles. The zero-order valence-electron chi connectivity index (χ0n) is 14.7. The van der Waals surface area contributed by atoms with Crippen LogP contribution in [0.2, 0.25) is 0 Å². The second-order valence-electron chi connectivity index (χ2n) is 6.28. The number of aromatic amines is 2. The minimum atomic E-state index is 0.774. The van der Waals surface area contributed by atoms with Gasteiger partial charge in [0.2, 0.25) is 0 Å². The molecule has 6 nitrogen and oxygen atoms in total. The number of hydrogen-bond donors (Lipinski definition) is 4. The number of likely N-dealkylation sites (N-methyl/N-ethyl adjacent to an activating group) is 2. The molecule has 0 atom stereocenters. The monoisotopic (exact) mass is 336 g/mol. The first-order chi connectivity index (χ1) is 12.3. The third-order valence-electron chi connectivity index (χ3n) is 4.68. The van der Waals surface area contributed by atoms with E-state index in [0.29, 0.717) is 0 Å². The second-order valence-corrected chi connectivity index (χ2v) is 6.28. The summed E-state index contributed by atoms with van der Waals surface area (Å²) in [4.78, 5) is 7.99. The van der Waals surface area contributed by atoms with Crippen LogP contribution in [-0.4, -0.2) is 48.5 Å². The molecule has 0 bridgehead atoms. The fourth-order valence-electron chi connectivity index (χ4n) is 3.45. The van der Waals surface area contributed by atoms with Crippen LogP contribution in [0.1, 0.15) is 0 Å². The summed E-state index contributed by atoms with van der Waals surface area (Å²) in [6.45, 7) is 3.47. The van der Waals surface area contributed by atoms with E-state index < -0.39 is 0 Å². The lowest BCUT2D eigenvalue weighted by molar-refractivity contribution is 0.606. The largest absolute Gasteiger partial charge is 0.367 e. The first kappa shape index (κ1) is 15.9. The molecule has 25 heavy (non-hydrogen) atoms. The molecule has 2 heterocycles. The number of aromatic nitrogens is 3. The van der Waals surface area contributed by atoms with Crippen molar-refractivity contribution in [3.8, 4) is 0 Å². The molecule has 0 amide bonds. The second kappa shape index (κ2) is 6.74. The number of nitrogens with one attached hydrogen (secondary N) is 4. The van der Waals surface area contributed by atoms with Gasteiger partial charge in [-0.2, -0.15) is 0 Å². The summed E-state index contributed by atoms with van der Waals surface area (Å²) in [6, 6.07) is 8.69. The van der Waals surface area contributed by atoms with Crippen molar-refractivity contribution >= 4 is 32.6 Å². The van der Waals surface area contributed by atoms with E-state index in [4.69, 9.17) is 4.99 Å². The maximum atomic E-state index is 4.80. The van der Waals surface area contributed by atoms with Gasteiger partial charge in [0, 0.05) is 47.0 Å². The highest BCUT2D eigenvalue weighted by atomic mass is 15.3. The fourth-order valence-corrected chi connectivity index (χ4v) is 3.45. The third-order valence-corrected chi connectivity index (χ3v) is 4.68. The van der Waals surface area contributed by atoms with Gasteiger partial charge in [-0.3, -0.25) is 14.8 Å². The molecule has 130 valence electrons. The Kier molecular flexibility index (Phi) is 4.29. The zero-order valence-corrected chi connectivity index (χ0v) is 14.7. The lowest BCUT2D eigenvalue weighted by Crippen LogP contribution is -2.16. The fraction of sp³-hybridized carbons (Fsp3) is 0.316. The van der Waals surface area contributed by atoms with Crippen molar-refractivity contribution in [3.63, 3.8) is 0 Å². The van der Waals surface area contributed by atoms with Gasteiger partial charge in [-0.1, -0.05) is 0 Å². The van der Waals surface area contributed by atoms with Crippen LogP contribution in [0.5, 0.6) is 0 Å². The number of fused-ring (bicyclic) bond motifs is 2. The van der Waals surface area contributed by atoms with Gasteiger partial charge in [0.05, 0.1) is 29.5 Å². The summed E-state index contributed by atoms with van der Waals surface area (Å²) in [6.07, 6.45) is 4.02. The van der Waals surface area contributed by atoms with Crippen molar-refractivity contribution in [2.75, 3.05) is 33.7 Å². The van der Waals surface area contributed by atoms with Gasteiger partial charge >= 0.3 is 0 Å². The molecule has 0 saturated carbocycles. The Hall–Kier alpha value is -2.57. The summed E-state index contributed by atoms with van der Waals surface area (Å²) in [5.41, 5.74) is 2.40. The van der Waals surface area contributed by atoms with Gasteiger partial charge < -0.3 is 15.6 Å². The predicted molar refractivity (Wildman–Crippen MR) is 104 cm³/mol. The lowest BCUT2D eigenvalue weighted by Gasteiger charge is -2.05. The Bertz CT molecular complexity index is 1080. The Balaban J connectivity index is 2.05. The molecule has 0 aliphatic heterocycles. The van der Waals surface area contributed by atoms with E-state index in [2.05, 4.69) is 49.7 Å². The Labute approximate surface area is 145 Å². The number of nitrogens with zero attached hydrogens (tertiary/aromatic N) is 2. The van der Waals surface area contributed by atoms with Crippen LogP contribution in [0, 0.1) is 0 Å². The van der Waals surface area contributed by atoms with Crippen LogP contribution >= 0.6 is 0 Å². The summed E-state index contributed by atoms with van der Waals surface area (Å²) in [7, 11) is 3.93. The molecule has 0 unspecified atom stereocenters. The van der Waals surface area contributed by atoms with Gasteiger partial charge in [-0.15, -0.1) is 0 Å². The summed E-state index contributed by atoms with van der Waals surface area (Å²) < 4.78 is 2.22. The number of benzene rings is 2. The molecule has 4 aromatic rings. The number of pyridine rings is 1. The summed E-state index contributed by atoms with van der Waals surface area (Å²) in [5, 5.41) is 15.9. The van der Waals surface area contributed by atoms with Crippen LogP contribution in [0.3, 0.4) is 0 Å². The first-order valence-corrected chi connectivity index (χ1v) is 8.74. The number of hydrogen-bond acceptors (Lipinski definition) is 3. The van der Waals surface area contributed by atoms with Crippen LogP contribution in [-0.2, 0) is 6.54 Å². The highest BCUT2D eigenvalue weighted by molar-refractivity contribution is 6.19. The highest BCUT2D eigenvalue weighted by Gasteiger charge is 2.13. The molecule has 0 spiro atoms. The molecule has 0 saturated heterocycles. The molecule has 0 aliphatic rings. The normalized spacial score (nSPS) is 12.8. The van der Waals surface area contributed by atoms with E-state index in [1.54, 1.807) is 0 Å². The molecular weight excluding hydrogens is 312 g/mol. The predicted octanol–water partition coefficient (Wildman–Crippen LogP) is 1.94. The van der Waals surface area contributed by atoms with Crippen molar-refractivity contribution in [2.24, 2.45) is 4.99 Å². The molecular formula is C19H24N6. The van der Waals surface area contributed by atoms with Crippen molar-refractivity contribution in [3.05, 3.63) is 42.0 Å². The van der Waals surface area contributed by atoms with Crippen molar-refractivity contribution in [1.29, 1.82) is 0 Å². The third kappa shape index (κ3) is 2.73. The molecule has 0 aliphatic carbocycles. The molecule has 4 N–H and O–H groups in total. The Morgan fingerprint density at radius 3 is 2.80 bits per heavy atom. The van der Waals surface area contributed by atoms with E-state index in [1.807, 2.05) is 26.5 Å². The standard InChI is InChI=1S/C19H24N6/c1-20-7-8-23-16-3-4-17-18-15(16)11-13-12-22-6-5-14(13)19(18)24-25(17)10-9-21-2/h3-6,11-12,20-22,24H,7-10H2,1-2H3. The van der Waals surface area contributed by atoms with E-state index in [9.17, 15) is 0 Å². The van der Waals surface area contributed by atoms with E-state index in [1.165, 1.54) is 32.6 Å². The van der Waals surface area contributed by atoms with E-state index >= 15 is 0 Å². The van der Waals surface area contributed by atoms with Crippen LogP contribution < -0.4 is 16.0 Å². The molecule has 2 aromatic carbocycles. The molecule has 0 radical (unpaired) electrons. The molecule has 0 fully saturated rings. The van der Waals surface area contributed by atoms with Crippen molar-refractivity contribution in [2.45, 2.75) is 6.54 Å². The quantitative estimate of drug-likeness (QED) is 0.321. The number of rotatable bonds is 6. The van der Waals surface area contributed by atoms with Crippen LogP contribution in [0.15, 0.2) is 41.7 Å². The number of H-pyrrole nitrogens is 2. The van der Waals surface area contributed by atoms with Gasteiger partial charge in [0.1, 0.15) is 0 Å². The van der Waals surface area contributed by atoms with Crippen LogP contribution in [0.4, 0.5) is 0 Å². The smallest absolute Gasteiger partial charge is 0.0722 e. The topological polar surface area (TPSA) is 72.9 Å². The van der Waals surface area contributed by atoms with E-state index in [-0.39, 0.29) is 0 Å². The SMILES string of the molecule is CNCCN=c1ccc2c3c1cc1c[nH]ccc1c3[nH]n2CCNC. The molecule has 4 rings (SSSR count). The van der Waals surface area contributed by atoms with Gasteiger partial charge in [0.25, 0.3) is 0 Å². The summed E-state index contributed by atoms with van der Waals surface area (Å²) >= 11 is 0. The van der Waals surface area contributed by atoms with Crippen molar-refractivity contribution < 1.29 is 0 Å². The maximum absolute atomic E-state index is 4.80. The average molecular weight is 336 g/mol. The first-order valence-electron chi connectivity index (χ1n) is 8.74. The van der Waals surface area contributed by atoms with Crippen molar-refractivity contribution in [1.82, 2.24) is 25.4 Å². The highest BCUT2D eigenvalue weighted by Crippen LogP contribution is 2.30. The lowest BCUT2D eigenvalue weighted by atomic mass is 10.0. The minimum Gasteiger partial charge on any atom is -0.367 e. The Morgan fingerprint density at radius 2 is 1.96 bits per heavy atom. The Morgan fingerprint density at radius 1 is 1.08 bits per heavy atom. The van der Waals surface area contributed by atoms with Crippen LogP contribution in [0.25, 0.3) is 32.6 Å². The minimum absolute atomic E-state index is 0.774.